The van der Waals surface area contributed by atoms with Gasteiger partial charge in [-0.1, -0.05) is 53.7 Å². The molecule has 374 valence electrons. The van der Waals surface area contributed by atoms with Crippen LogP contribution in [0.5, 0.6) is 0 Å². The zero-order chi connectivity index (χ0) is 48.3. The molecule has 18 nitrogen and oxygen atoms in total. The normalized spacial score (nSPS) is 55.6. The first-order chi connectivity index (χ1) is 30.9. The topological polar surface area (TPSA) is 300 Å². The predicted octanol–water partition coefficient (Wildman–Crippen LogP) is 0.221. The molecule has 0 radical (unpaired) electrons. The highest BCUT2D eigenvalue weighted by Gasteiger charge is 2.72. The fraction of sp³-hybridized carbons (Fsp3) is 0.896. The number of fused-ring (bicyclic) bond motifs is 7. The van der Waals surface area contributed by atoms with Gasteiger partial charge in [-0.25, -0.2) is 0 Å². The second-order valence-corrected chi connectivity index (χ2v) is 23.3. The highest BCUT2D eigenvalue weighted by atomic mass is 16.7. The Labute approximate surface area is 385 Å². The van der Waals surface area contributed by atoms with Crippen LogP contribution in [0.4, 0.5) is 0 Å². The number of aliphatic carboxylic acids is 1. The van der Waals surface area contributed by atoms with E-state index in [1.54, 1.807) is 0 Å². The summed E-state index contributed by atoms with van der Waals surface area (Å²) in [5.74, 6) is -3.30. The third kappa shape index (κ3) is 7.62. The molecule has 66 heavy (non-hydrogen) atoms. The van der Waals surface area contributed by atoms with Crippen molar-refractivity contribution < 1.29 is 89.1 Å². The summed E-state index contributed by atoms with van der Waals surface area (Å²) in [7, 11) is 0. The first-order valence-corrected chi connectivity index (χ1v) is 24.0. The summed E-state index contributed by atoms with van der Waals surface area (Å²) in [5, 5.41) is 108. The maximum Gasteiger partial charge on any atom is 0.309 e. The summed E-state index contributed by atoms with van der Waals surface area (Å²) in [4.78, 5) is 39.7. The summed E-state index contributed by atoms with van der Waals surface area (Å²) < 4.78 is 30.5. The average molecular weight is 939 g/mol. The first kappa shape index (κ1) is 50.4. The van der Waals surface area contributed by atoms with Crippen LogP contribution in [0.15, 0.2) is 12.2 Å². The molecule has 0 aromatic heterocycles. The zero-order valence-electron chi connectivity index (χ0n) is 38.9. The van der Waals surface area contributed by atoms with E-state index in [-0.39, 0.29) is 39.9 Å². The lowest BCUT2D eigenvalue weighted by Gasteiger charge is -2.72. The minimum atomic E-state index is -1.94. The molecule has 0 aromatic rings. The monoisotopic (exact) mass is 938 g/mol. The van der Waals surface area contributed by atoms with E-state index in [2.05, 4.69) is 46.8 Å². The molecule has 8 rings (SSSR count). The van der Waals surface area contributed by atoms with Gasteiger partial charge in [0, 0.05) is 0 Å². The average Bonchev–Trinajstić information content (AvgIpc) is 3.26. The number of aliphatic hydroxyl groups excluding tert-OH is 9. The molecule has 15 unspecified atom stereocenters. The lowest BCUT2D eigenvalue weighted by Crippen LogP contribution is -2.69. The number of hydrogen-bond acceptors (Lipinski definition) is 17. The van der Waals surface area contributed by atoms with Crippen molar-refractivity contribution in [1.82, 2.24) is 0 Å². The molecule has 0 aromatic carbocycles. The Hall–Kier alpha value is -2.01. The van der Waals surface area contributed by atoms with E-state index in [4.69, 9.17) is 23.7 Å². The number of carboxylic acid groups (broad SMARTS) is 1. The van der Waals surface area contributed by atoms with Crippen molar-refractivity contribution >= 4 is 18.5 Å². The Kier molecular flexibility index (Phi) is 13.5. The molecular formula is C48H74O18. The van der Waals surface area contributed by atoms with Crippen LogP contribution in [-0.4, -0.2) is 175 Å². The van der Waals surface area contributed by atoms with Crippen molar-refractivity contribution in [3.63, 3.8) is 0 Å². The number of carboxylic acids is 1. The van der Waals surface area contributed by atoms with Gasteiger partial charge in [-0.2, -0.15) is 0 Å². The van der Waals surface area contributed by atoms with Crippen molar-refractivity contribution in [3.8, 4) is 0 Å². The van der Waals surface area contributed by atoms with Gasteiger partial charge in [0.1, 0.15) is 67.5 Å². The van der Waals surface area contributed by atoms with E-state index in [9.17, 15) is 65.4 Å². The SMILES string of the molecule is CC1(C)CC[C@]2(C=O)[C@H](O)C[C@]3(C)C(C=C[C@@H]4[C@@]5(C)CC[C@H](OC6CC(C(=O)O)C(O)C(OC7OCC(O)C(O)C7O)C6OC6OC(CO)C(O)C(O)C6O)[C@@](C)(C=O)[C@@H]5CC[C@]43C)[C@@H]2C1. The summed E-state index contributed by atoms with van der Waals surface area (Å²) in [6, 6.07) is 0. The van der Waals surface area contributed by atoms with Crippen molar-refractivity contribution in [2.75, 3.05) is 13.2 Å². The van der Waals surface area contributed by atoms with E-state index in [0.29, 0.717) is 38.5 Å². The van der Waals surface area contributed by atoms with Gasteiger partial charge in [-0.15, -0.1) is 0 Å². The Morgan fingerprint density at radius 2 is 1.41 bits per heavy atom. The molecule has 0 bridgehead atoms. The van der Waals surface area contributed by atoms with Crippen molar-refractivity contribution in [1.29, 1.82) is 0 Å². The molecule has 2 heterocycles. The number of carbonyl (C=O) groups excluding carboxylic acids is 2. The number of aliphatic hydroxyl groups is 9. The van der Waals surface area contributed by atoms with Gasteiger partial charge < -0.3 is 84.3 Å². The fourth-order valence-electron chi connectivity index (χ4n) is 15.2. The van der Waals surface area contributed by atoms with Crippen LogP contribution in [-0.2, 0) is 38.1 Å². The van der Waals surface area contributed by atoms with E-state index < -0.39 is 140 Å². The second kappa shape index (κ2) is 17.7. The molecule has 2 saturated heterocycles. The predicted molar refractivity (Wildman–Crippen MR) is 228 cm³/mol. The molecule has 8 aliphatic rings. The van der Waals surface area contributed by atoms with Gasteiger partial charge in [0.05, 0.1) is 54.4 Å². The number of aldehydes is 2. The molecule has 2 aliphatic heterocycles. The lowest BCUT2D eigenvalue weighted by atomic mass is 9.32. The third-order valence-electron chi connectivity index (χ3n) is 19.4. The van der Waals surface area contributed by atoms with Gasteiger partial charge in [-0.05, 0) is 103 Å². The quantitative estimate of drug-likeness (QED) is 0.104. The van der Waals surface area contributed by atoms with Crippen LogP contribution in [0.1, 0.15) is 99.3 Å². The molecule has 0 amide bonds. The summed E-state index contributed by atoms with van der Waals surface area (Å²) >= 11 is 0. The number of hydrogen-bond donors (Lipinski definition) is 10. The molecule has 25 atom stereocenters. The Bertz CT molecular complexity index is 1850. The minimum absolute atomic E-state index is 0.0113. The molecule has 18 heteroatoms. The van der Waals surface area contributed by atoms with E-state index in [1.807, 2.05) is 6.92 Å². The van der Waals surface area contributed by atoms with Crippen LogP contribution in [0, 0.1) is 62.1 Å². The minimum Gasteiger partial charge on any atom is -0.481 e. The molecule has 5 saturated carbocycles. The number of ether oxygens (including phenoxy) is 5. The van der Waals surface area contributed by atoms with E-state index >= 15 is 0 Å². The van der Waals surface area contributed by atoms with Crippen molar-refractivity contribution in [2.45, 2.75) is 191 Å². The van der Waals surface area contributed by atoms with Gasteiger partial charge in [0.2, 0.25) is 0 Å². The molecule has 10 N–H and O–H groups in total. The third-order valence-corrected chi connectivity index (χ3v) is 19.4. The van der Waals surface area contributed by atoms with Gasteiger partial charge in [-0.3, -0.25) is 4.79 Å². The number of rotatable bonds is 10. The maximum atomic E-state index is 13.8. The summed E-state index contributed by atoms with van der Waals surface area (Å²) in [5.41, 5.74) is -3.16. The van der Waals surface area contributed by atoms with Crippen LogP contribution >= 0.6 is 0 Å². The highest BCUT2D eigenvalue weighted by molar-refractivity contribution is 5.71. The maximum absolute atomic E-state index is 13.8. The second-order valence-electron chi connectivity index (χ2n) is 23.3. The van der Waals surface area contributed by atoms with Crippen molar-refractivity contribution in [2.24, 2.45) is 62.1 Å². The molecular weight excluding hydrogens is 865 g/mol. The van der Waals surface area contributed by atoms with Crippen LogP contribution in [0.2, 0.25) is 0 Å². The fourth-order valence-corrected chi connectivity index (χ4v) is 15.2. The summed E-state index contributed by atoms with van der Waals surface area (Å²) in [6.07, 6.45) is -12.8. The molecule has 7 fully saturated rings. The Morgan fingerprint density at radius 1 is 0.727 bits per heavy atom. The van der Waals surface area contributed by atoms with Gasteiger partial charge in [0.25, 0.3) is 0 Å². The zero-order valence-corrected chi connectivity index (χ0v) is 38.9. The number of allylic oxidation sites excluding steroid dienone is 2. The standard InChI is InChI=1S/C48H74O18/c1-43(2)13-14-48(21-51)24(16-43)23-7-8-29-44(3)11-10-31(45(4,20-50)28(44)9-12-46(29,5)47(23,6)17-30(48)53)63-26-15-22(40(60)61)32(54)39(66-41-36(58)33(55)25(52)19-62-41)38(26)65-42-37(59)35(57)34(56)27(18-49)64-42/h7-8,20-39,41-42,49,52-59H,9-19H2,1-6H3,(H,60,61)/t22?,23?,24-,25?,26?,27?,28+,29+,30+,31-,32?,33?,34?,35?,36?,37?,38?,39?,41?,42?,44-,45-,46+,47+,48+/m0/s1. The Morgan fingerprint density at radius 3 is 2.06 bits per heavy atom. The highest BCUT2D eigenvalue weighted by Crippen LogP contribution is 2.75. The van der Waals surface area contributed by atoms with E-state index in [1.165, 1.54) is 0 Å². The van der Waals surface area contributed by atoms with Crippen LogP contribution in [0.3, 0.4) is 0 Å². The largest absolute Gasteiger partial charge is 0.481 e. The van der Waals surface area contributed by atoms with Crippen LogP contribution in [0.25, 0.3) is 0 Å². The lowest BCUT2D eigenvalue weighted by molar-refractivity contribution is -0.357. The molecule has 6 aliphatic carbocycles. The van der Waals surface area contributed by atoms with Gasteiger partial charge in [0.15, 0.2) is 12.6 Å². The Balaban J connectivity index is 1.12. The smallest absolute Gasteiger partial charge is 0.309 e. The van der Waals surface area contributed by atoms with Crippen LogP contribution < -0.4 is 0 Å². The van der Waals surface area contributed by atoms with E-state index in [0.717, 1.165) is 25.4 Å². The molecule has 0 spiro atoms. The summed E-state index contributed by atoms with van der Waals surface area (Å²) in [6.45, 7) is 11.9. The van der Waals surface area contributed by atoms with Gasteiger partial charge >= 0.3 is 5.97 Å². The number of carbonyl (C=O) groups is 3. The van der Waals surface area contributed by atoms with Crippen molar-refractivity contribution in [3.05, 3.63) is 12.2 Å². The first-order valence-electron chi connectivity index (χ1n) is 24.0.